The van der Waals surface area contributed by atoms with Crippen molar-refractivity contribution in [1.29, 1.82) is 0 Å². The van der Waals surface area contributed by atoms with E-state index in [1.165, 1.54) is 5.56 Å². The number of rotatable bonds is 4. The van der Waals surface area contributed by atoms with Crippen LogP contribution in [0.25, 0.3) is 0 Å². The predicted molar refractivity (Wildman–Crippen MR) is 87.6 cm³/mol. The van der Waals surface area contributed by atoms with Gasteiger partial charge in [-0.05, 0) is 25.0 Å². The maximum atomic E-state index is 6.20. The Labute approximate surface area is 131 Å². The molecule has 2 heterocycles. The van der Waals surface area contributed by atoms with E-state index in [0.29, 0.717) is 12.1 Å². The largest absolute Gasteiger partial charge is 0.378 e. The first kappa shape index (κ1) is 14.4. The van der Waals surface area contributed by atoms with E-state index in [-0.39, 0.29) is 0 Å². The van der Waals surface area contributed by atoms with Gasteiger partial charge in [0.15, 0.2) is 0 Å². The van der Waals surface area contributed by atoms with Crippen LogP contribution in [0.1, 0.15) is 18.9 Å². The second kappa shape index (κ2) is 6.46. The number of hydrogen-bond donors (Lipinski definition) is 1. The third-order valence-corrected chi connectivity index (χ3v) is 4.55. The first-order chi connectivity index (χ1) is 10.2. The molecule has 0 radical (unpaired) electrons. The Balaban J connectivity index is 1.64. The lowest BCUT2D eigenvalue weighted by molar-refractivity contribution is 0.255. The van der Waals surface area contributed by atoms with E-state index < -0.39 is 0 Å². The van der Waals surface area contributed by atoms with Gasteiger partial charge in [0.2, 0.25) is 0 Å². The van der Waals surface area contributed by atoms with Crippen molar-refractivity contribution in [2.24, 2.45) is 0 Å². The zero-order valence-corrected chi connectivity index (χ0v) is 12.9. The summed E-state index contributed by atoms with van der Waals surface area (Å²) in [5.74, 6) is 0. The van der Waals surface area contributed by atoms with Crippen LogP contribution in [-0.4, -0.2) is 28.5 Å². The third kappa shape index (κ3) is 3.36. The smallest absolute Gasteiger partial charge is 0.0718 e. The molecule has 1 aliphatic heterocycles. The summed E-state index contributed by atoms with van der Waals surface area (Å²) in [6.45, 7) is 4.38. The Morgan fingerprint density at radius 1 is 1.29 bits per heavy atom. The van der Waals surface area contributed by atoms with E-state index in [4.69, 9.17) is 11.6 Å². The lowest BCUT2D eigenvalue weighted by Crippen LogP contribution is -2.35. The van der Waals surface area contributed by atoms with Gasteiger partial charge in [0, 0.05) is 31.4 Å². The van der Waals surface area contributed by atoms with Gasteiger partial charge in [-0.2, -0.15) is 0 Å². The minimum Gasteiger partial charge on any atom is -0.378 e. The third-order valence-electron chi connectivity index (χ3n) is 4.22. The molecule has 1 N–H and O–H groups in total. The molecular weight excluding hydrogens is 282 g/mol. The second-order valence-electron chi connectivity index (χ2n) is 5.59. The topological polar surface area (TPSA) is 28.2 Å². The van der Waals surface area contributed by atoms with Crippen LogP contribution >= 0.6 is 11.6 Å². The number of aromatic nitrogens is 1. The molecule has 3 rings (SSSR count). The highest BCUT2D eigenvalue weighted by molar-refractivity contribution is 6.33. The lowest BCUT2D eigenvalue weighted by Gasteiger charge is -2.26. The van der Waals surface area contributed by atoms with Crippen LogP contribution in [0.4, 0.5) is 5.69 Å². The number of benzene rings is 1. The molecule has 0 amide bonds. The molecule has 1 aromatic heterocycles. The van der Waals surface area contributed by atoms with Crippen LogP contribution in [0.15, 0.2) is 48.8 Å². The van der Waals surface area contributed by atoms with Crippen molar-refractivity contribution in [3.05, 3.63) is 59.4 Å². The van der Waals surface area contributed by atoms with Crippen molar-refractivity contribution in [3.63, 3.8) is 0 Å². The minimum atomic E-state index is 0.412. The molecule has 0 saturated carbocycles. The highest BCUT2D eigenvalue weighted by Gasteiger charge is 2.30. The molecular formula is C17H20ClN3. The molecule has 2 atom stereocenters. The number of likely N-dealkylation sites (tertiary alicyclic amines) is 1. The Morgan fingerprint density at radius 2 is 2.10 bits per heavy atom. The number of anilines is 1. The Morgan fingerprint density at radius 3 is 2.86 bits per heavy atom. The van der Waals surface area contributed by atoms with E-state index in [9.17, 15) is 0 Å². The van der Waals surface area contributed by atoms with Gasteiger partial charge in [-0.3, -0.25) is 9.88 Å². The van der Waals surface area contributed by atoms with E-state index in [1.807, 2.05) is 6.07 Å². The van der Waals surface area contributed by atoms with Gasteiger partial charge in [0.05, 0.1) is 16.9 Å². The van der Waals surface area contributed by atoms with E-state index >= 15 is 0 Å². The fourth-order valence-corrected chi connectivity index (χ4v) is 3.08. The molecule has 1 saturated heterocycles. The van der Waals surface area contributed by atoms with Gasteiger partial charge in [-0.1, -0.05) is 41.9 Å². The molecule has 0 aliphatic carbocycles. The van der Waals surface area contributed by atoms with Crippen molar-refractivity contribution in [2.75, 3.05) is 11.9 Å². The summed E-state index contributed by atoms with van der Waals surface area (Å²) in [5.41, 5.74) is 2.29. The number of nitrogens with one attached hydrogen (secondary N) is 1. The number of hydrogen-bond acceptors (Lipinski definition) is 3. The molecule has 2 unspecified atom stereocenters. The number of halogens is 1. The molecule has 110 valence electrons. The number of pyridine rings is 1. The van der Waals surface area contributed by atoms with Gasteiger partial charge >= 0.3 is 0 Å². The Hall–Kier alpha value is -1.58. The second-order valence-corrected chi connectivity index (χ2v) is 6.00. The summed E-state index contributed by atoms with van der Waals surface area (Å²) in [7, 11) is 0. The zero-order chi connectivity index (χ0) is 14.7. The average molecular weight is 302 g/mol. The maximum Gasteiger partial charge on any atom is 0.0718 e. The zero-order valence-electron chi connectivity index (χ0n) is 12.2. The quantitative estimate of drug-likeness (QED) is 0.931. The summed E-state index contributed by atoms with van der Waals surface area (Å²) in [6.07, 6.45) is 4.64. The van der Waals surface area contributed by atoms with Crippen molar-refractivity contribution in [2.45, 2.75) is 32.0 Å². The standard InChI is InChI=1S/C17H20ClN3/c1-13-16(20-17-11-19-9-7-15(17)18)8-10-21(13)12-14-5-3-2-4-6-14/h2-7,9,11,13,16,20H,8,10,12H2,1H3. The van der Waals surface area contributed by atoms with Crippen molar-refractivity contribution >= 4 is 17.3 Å². The normalized spacial score (nSPS) is 22.4. The van der Waals surface area contributed by atoms with Crippen LogP contribution in [0.5, 0.6) is 0 Å². The molecule has 1 aromatic carbocycles. The molecule has 1 fully saturated rings. The first-order valence-corrected chi connectivity index (χ1v) is 7.76. The fraction of sp³-hybridized carbons (Fsp3) is 0.353. The predicted octanol–water partition coefficient (Wildman–Crippen LogP) is 3.81. The molecule has 1 aliphatic rings. The molecule has 0 bridgehead atoms. The summed E-state index contributed by atoms with van der Waals surface area (Å²) in [5, 5.41) is 4.27. The van der Waals surface area contributed by atoms with Crippen LogP contribution in [-0.2, 0) is 6.54 Å². The summed E-state index contributed by atoms with van der Waals surface area (Å²) in [6, 6.07) is 13.3. The lowest BCUT2D eigenvalue weighted by atomic mass is 10.1. The molecule has 0 spiro atoms. The molecule has 4 heteroatoms. The van der Waals surface area contributed by atoms with Gasteiger partial charge < -0.3 is 5.32 Å². The molecule has 21 heavy (non-hydrogen) atoms. The SMILES string of the molecule is CC1C(Nc2cnccc2Cl)CCN1Cc1ccccc1. The fourth-order valence-electron chi connectivity index (χ4n) is 2.92. The van der Waals surface area contributed by atoms with Crippen molar-refractivity contribution < 1.29 is 0 Å². The highest BCUT2D eigenvalue weighted by Crippen LogP contribution is 2.26. The first-order valence-electron chi connectivity index (χ1n) is 7.38. The average Bonchev–Trinajstić information content (AvgIpc) is 2.84. The highest BCUT2D eigenvalue weighted by atomic mass is 35.5. The van der Waals surface area contributed by atoms with E-state index in [1.54, 1.807) is 12.4 Å². The van der Waals surface area contributed by atoms with Crippen molar-refractivity contribution in [1.82, 2.24) is 9.88 Å². The molecule has 3 nitrogen and oxygen atoms in total. The van der Waals surface area contributed by atoms with Gasteiger partial charge in [0.1, 0.15) is 0 Å². The van der Waals surface area contributed by atoms with Gasteiger partial charge in [0.25, 0.3) is 0 Å². The Bertz CT molecular complexity index is 588. The monoisotopic (exact) mass is 301 g/mol. The van der Waals surface area contributed by atoms with E-state index in [0.717, 1.165) is 30.2 Å². The summed E-state index contributed by atoms with van der Waals surface area (Å²) in [4.78, 5) is 6.65. The van der Waals surface area contributed by atoms with Crippen molar-refractivity contribution in [3.8, 4) is 0 Å². The van der Waals surface area contributed by atoms with Crippen LogP contribution in [0.3, 0.4) is 0 Å². The van der Waals surface area contributed by atoms with Gasteiger partial charge in [-0.25, -0.2) is 0 Å². The van der Waals surface area contributed by atoms with E-state index in [2.05, 4.69) is 52.5 Å². The van der Waals surface area contributed by atoms with Crippen LogP contribution < -0.4 is 5.32 Å². The van der Waals surface area contributed by atoms with Crippen LogP contribution in [0, 0.1) is 0 Å². The minimum absolute atomic E-state index is 0.412. The number of nitrogens with zero attached hydrogens (tertiary/aromatic N) is 2. The van der Waals surface area contributed by atoms with Crippen LogP contribution in [0.2, 0.25) is 5.02 Å². The molecule has 2 aromatic rings. The summed E-state index contributed by atoms with van der Waals surface area (Å²) < 4.78 is 0. The summed E-state index contributed by atoms with van der Waals surface area (Å²) >= 11 is 6.20. The Kier molecular flexibility index (Phi) is 4.42. The maximum absolute atomic E-state index is 6.20. The van der Waals surface area contributed by atoms with Gasteiger partial charge in [-0.15, -0.1) is 0 Å².